The summed E-state index contributed by atoms with van der Waals surface area (Å²) in [6, 6.07) is 13.6. The van der Waals surface area contributed by atoms with E-state index in [2.05, 4.69) is 15.0 Å². The minimum Gasteiger partial charge on any atom is -0.326 e. The zero-order valence-electron chi connectivity index (χ0n) is 13.5. The molecule has 25 heavy (non-hydrogen) atoms. The van der Waals surface area contributed by atoms with Gasteiger partial charge < -0.3 is 5.32 Å². The average molecular weight is 375 g/mol. The lowest BCUT2D eigenvalue weighted by Crippen LogP contribution is -2.27. The normalized spacial score (nSPS) is 11.6. The van der Waals surface area contributed by atoms with Crippen LogP contribution in [0.25, 0.3) is 10.2 Å². The first-order valence-corrected chi connectivity index (χ1v) is 9.96. The number of thiazole rings is 1. The van der Waals surface area contributed by atoms with E-state index in [-0.39, 0.29) is 23.8 Å². The van der Waals surface area contributed by atoms with Crippen molar-refractivity contribution >= 4 is 43.2 Å². The second-order valence-electron chi connectivity index (χ2n) is 5.42. The first-order valence-electron chi connectivity index (χ1n) is 7.66. The van der Waals surface area contributed by atoms with Crippen molar-refractivity contribution in [2.45, 2.75) is 18.2 Å². The second kappa shape index (κ2) is 7.30. The van der Waals surface area contributed by atoms with E-state index in [0.717, 1.165) is 15.2 Å². The molecule has 0 atom stereocenters. The van der Waals surface area contributed by atoms with Crippen molar-refractivity contribution in [1.82, 2.24) is 9.71 Å². The number of aryl methyl sites for hydroxylation is 1. The summed E-state index contributed by atoms with van der Waals surface area (Å²) in [4.78, 5) is 16.6. The Morgan fingerprint density at radius 1 is 1.16 bits per heavy atom. The van der Waals surface area contributed by atoms with Gasteiger partial charge in [0.2, 0.25) is 15.9 Å². The number of benzene rings is 2. The van der Waals surface area contributed by atoms with Crippen molar-refractivity contribution in [2.75, 3.05) is 11.9 Å². The third-order valence-electron chi connectivity index (χ3n) is 3.48. The molecule has 2 N–H and O–H groups in total. The first kappa shape index (κ1) is 17.5. The molecule has 3 rings (SSSR count). The molecule has 8 heteroatoms. The molecule has 0 unspecified atom stereocenters. The summed E-state index contributed by atoms with van der Waals surface area (Å²) >= 11 is 1.56. The molecule has 0 aliphatic carbocycles. The van der Waals surface area contributed by atoms with Gasteiger partial charge in [0.15, 0.2) is 0 Å². The van der Waals surface area contributed by atoms with Crippen LogP contribution in [-0.4, -0.2) is 25.9 Å². The van der Waals surface area contributed by atoms with Gasteiger partial charge in [-0.15, -0.1) is 11.3 Å². The highest BCUT2D eigenvalue weighted by Crippen LogP contribution is 2.24. The van der Waals surface area contributed by atoms with Crippen LogP contribution in [0.1, 0.15) is 11.4 Å². The zero-order valence-corrected chi connectivity index (χ0v) is 15.2. The molecule has 0 saturated heterocycles. The summed E-state index contributed by atoms with van der Waals surface area (Å²) in [5, 5.41) is 3.74. The Balaban J connectivity index is 1.55. The third-order valence-corrected chi connectivity index (χ3v) is 5.89. The standard InChI is InChI=1S/C17H17N3O3S2/c1-12-19-15-8-7-13(11-16(15)24-12)20-17(21)9-10-18-25(22,23)14-5-3-2-4-6-14/h2-8,11,18H,9-10H2,1H3,(H,20,21). The minimum atomic E-state index is -3.59. The highest BCUT2D eigenvalue weighted by Gasteiger charge is 2.13. The number of hydrogen-bond donors (Lipinski definition) is 2. The Kier molecular flexibility index (Phi) is 5.12. The first-order chi connectivity index (χ1) is 11.9. The van der Waals surface area contributed by atoms with Gasteiger partial charge in [0.25, 0.3) is 0 Å². The fourth-order valence-electron chi connectivity index (χ4n) is 2.32. The largest absolute Gasteiger partial charge is 0.326 e. The molecule has 1 aromatic heterocycles. The number of nitrogens with one attached hydrogen (secondary N) is 2. The van der Waals surface area contributed by atoms with E-state index in [4.69, 9.17) is 0 Å². The summed E-state index contributed by atoms with van der Waals surface area (Å²) in [6.45, 7) is 1.97. The van der Waals surface area contributed by atoms with Gasteiger partial charge in [-0.2, -0.15) is 0 Å². The third kappa shape index (κ3) is 4.41. The topological polar surface area (TPSA) is 88.2 Å². The molecule has 0 aliphatic heterocycles. The summed E-state index contributed by atoms with van der Waals surface area (Å²) in [5.74, 6) is -0.253. The number of carbonyl (C=O) groups is 1. The average Bonchev–Trinajstić information content (AvgIpc) is 2.95. The molecule has 0 fully saturated rings. The lowest BCUT2D eigenvalue weighted by Gasteiger charge is -2.07. The maximum Gasteiger partial charge on any atom is 0.240 e. The maximum absolute atomic E-state index is 12.1. The van der Waals surface area contributed by atoms with Crippen molar-refractivity contribution in [3.63, 3.8) is 0 Å². The van der Waals surface area contributed by atoms with Gasteiger partial charge >= 0.3 is 0 Å². The lowest BCUT2D eigenvalue weighted by atomic mass is 10.3. The monoisotopic (exact) mass is 375 g/mol. The van der Waals surface area contributed by atoms with Crippen molar-refractivity contribution in [3.05, 3.63) is 53.5 Å². The molecule has 0 spiro atoms. The van der Waals surface area contributed by atoms with Crippen molar-refractivity contribution in [3.8, 4) is 0 Å². The highest BCUT2D eigenvalue weighted by atomic mass is 32.2. The van der Waals surface area contributed by atoms with Crippen LogP contribution in [0, 0.1) is 6.92 Å². The van der Waals surface area contributed by atoms with Gasteiger partial charge in [0.05, 0.1) is 20.1 Å². The van der Waals surface area contributed by atoms with Gasteiger partial charge in [0.1, 0.15) is 0 Å². The fourth-order valence-corrected chi connectivity index (χ4v) is 4.24. The van der Waals surface area contributed by atoms with E-state index in [0.29, 0.717) is 5.69 Å². The molecular formula is C17H17N3O3S2. The SMILES string of the molecule is Cc1nc2ccc(NC(=O)CCNS(=O)(=O)c3ccccc3)cc2s1. The maximum atomic E-state index is 12.1. The quantitative estimate of drug-likeness (QED) is 0.693. The summed E-state index contributed by atoms with van der Waals surface area (Å²) in [6.07, 6.45) is 0.0474. The molecule has 0 bridgehead atoms. The Bertz CT molecular complexity index is 998. The van der Waals surface area contributed by atoms with Crippen LogP contribution in [-0.2, 0) is 14.8 Å². The van der Waals surface area contributed by atoms with Crippen molar-refractivity contribution < 1.29 is 13.2 Å². The number of carbonyl (C=O) groups excluding carboxylic acids is 1. The van der Waals surface area contributed by atoms with Gasteiger partial charge in [-0.1, -0.05) is 18.2 Å². The van der Waals surface area contributed by atoms with Crippen LogP contribution in [0.2, 0.25) is 0 Å². The van der Waals surface area contributed by atoms with Crippen LogP contribution in [0.4, 0.5) is 5.69 Å². The number of nitrogens with zero attached hydrogens (tertiary/aromatic N) is 1. The Hall–Kier alpha value is -2.29. The number of amides is 1. The number of anilines is 1. The molecule has 2 aromatic carbocycles. The Labute approximate surface area is 150 Å². The van der Waals surface area contributed by atoms with Gasteiger partial charge in [-0.25, -0.2) is 18.1 Å². The van der Waals surface area contributed by atoms with E-state index >= 15 is 0 Å². The molecule has 6 nitrogen and oxygen atoms in total. The van der Waals surface area contributed by atoms with E-state index in [9.17, 15) is 13.2 Å². The van der Waals surface area contributed by atoms with E-state index in [1.54, 1.807) is 35.6 Å². The zero-order chi connectivity index (χ0) is 17.9. The molecule has 0 saturated carbocycles. The van der Waals surface area contributed by atoms with Gasteiger partial charge in [-0.05, 0) is 37.3 Å². The number of fused-ring (bicyclic) bond motifs is 1. The smallest absolute Gasteiger partial charge is 0.240 e. The predicted molar refractivity (Wildman–Crippen MR) is 99.2 cm³/mol. The molecule has 3 aromatic rings. The van der Waals surface area contributed by atoms with E-state index < -0.39 is 10.0 Å². The fraction of sp³-hybridized carbons (Fsp3) is 0.176. The summed E-state index contributed by atoms with van der Waals surface area (Å²) in [7, 11) is -3.59. The number of sulfonamides is 1. The molecule has 0 aliphatic rings. The Morgan fingerprint density at radius 2 is 1.92 bits per heavy atom. The molecular weight excluding hydrogens is 358 g/mol. The van der Waals surface area contributed by atoms with Gasteiger partial charge in [0, 0.05) is 18.7 Å². The predicted octanol–water partition coefficient (Wildman–Crippen LogP) is 2.91. The van der Waals surface area contributed by atoms with Gasteiger partial charge in [-0.3, -0.25) is 4.79 Å². The molecule has 1 amide bonds. The van der Waals surface area contributed by atoms with Crippen LogP contribution in [0.3, 0.4) is 0 Å². The minimum absolute atomic E-state index is 0.0327. The molecule has 1 heterocycles. The number of hydrogen-bond acceptors (Lipinski definition) is 5. The van der Waals surface area contributed by atoms with Crippen LogP contribution in [0.5, 0.6) is 0 Å². The lowest BCUT2D eigenvalue weighted by molar-refractivity contribution is -0.116. The van der Waals surface area contributed by atoms with Crippen LogP contribution < -0.4 is 10.0 Å². The van der Waals surface area contributed by atoms with E-state index in [1.165, 1.54) is 12.1 Å². The molecule has 0 radical (unpaired) electrons. The van der Waals surface area contributed by atoms with Crippen LogP contribution in [0.15, 0.2) is 53.4 Å². The molecule has 130 valence electrons. The summed E-state index contributed by atoms with van der Waals surface area (Å²) in [5.41, 5.74) is 1.57. The van der Waals surface area contributed by atoms with Crippen molar-refractivity contribution in [1.29, 1.82) is 0 Å². The van der Waals surface area contributed by atoms with Crippen molar-refractivity contribution in [2.24, 2.45) is 0 Å². The van der Waals surface area contributed by atoms with Crippen LogP contribution >= 0.6 is 11.3 Å². The number of rotatable bonds is 6. The Morgan fingerprint density at radius 3 is 2.68 bits per heavy atom. The van der Waals surface area contributed by atoms with E-state index in [1.807, 2.05) is 19.1 Å². The highest BCUT2D eigenvalue weighted by molar-refractivity contribution is 7.89. The number of aromatic nitrogens is 1. The second-order valence-corrected chi connectivity index (χ2v) is 8.43. The summed E-state index contributed by atoms with van der Waals surface area (Å²) < 4.78 is 27.6.